The molecule has 1 aliphatic carbocycles. The molecule has 0 atom stereocenters. The molecule has 0 radical (unpaired) electrons. The molecule has 0 aliphatic heterocycles. The Balaban J connectivity index is 1.92. The molecule has 0 unspecified atom stereocenters. The van der Waals surface area contributed by atoms with Crippen molar-refractivity contribution in [3.63, 3.8) is 0 Å². The van der Waals surface area contributed by atoms with E-state index in [1.54, 1.807) is 22.0 Å². The molecule has 0 fully saturated rings. The summed E-state index contributed by atoms with van der Waals surface area (Å²) < 4.78 is 1.65. The topological polar surface area (TPSA) is 78.0 Å². The van der Waals surface area contributed by atoms with Gasteiger partial charge in [-0.2, -0.15) is 0 Å². The molecule has 26 heavy (non-hydrogen) atoms. The number of aryl methyl sites for hydroxylation is 2. The highest BCUT2D eigenvalue weighted by Crippen LogP contribution is 2.36. The van der Waals surface area contributed by atoms with Crippen molar-refractivity contribution in [2.75, 3.05) is 0 Å². The van der Waals surface area contributed by atoms with Crippen LogP contribution in [-0.2, 0) is 24.2 Å². The molecule has 2 heterocycles. The average molecular weight is 388 g/mol. The van der Waals surface area contributed by atoms with E-state index in [9.17, 15) is 9.59 Å². The number of amides is 1. The molecule has 134 valence electrons. The first kappa shape index (κ1) is 17.2. The molecule has 1 aliphatic rings. The summed E-state index contributed by atoms with van der Waals surface area (Å²) in [7, 11) is 0. The van der Waals surface area contributed by atoms with Crippen molar-refractivity contribution in [1.29, 1.82) is 0 Å². The summed E-state index contributed by atoms with van der Waals surface area (Å²) in [6, 6.07) is 7.37. The lowest BCUT2D eigenvalue weighted by atomic mass is 10.1. The third kappa shape index (κ3) is 2.93. The lowest BCUT2D eigenvalue weighted by molar-refractivity contribution is -0.118. The van der Waals surface area contributed by atoms with E-state index in [1.807, 2.05) is 18.2 Å². The molecule has 4 rings (SSSR count). The predicted octanol–water partition coefficient (Wildman–Crippen LogP) is 3.53. The van der Waals surface area contributed by atoms with Gasteiger partial charge in [0.2, 0.25) is 5.91 Å². The molecule has 1 aromatic carbocycles. The molecule has 2 N–H and O–H groups in total. The van der Waals surface area contributed by atoms with E-state index in [4.69, 9.17) is 22.3 Å². The number of halogens is 1. The van der Waals surface area contributed by atoms with Crippen LogP contribution < -0.4 is 11.3 Å². The maximum atomic E-state index is 13.3. The Hall–Kier alpha value is -2.18. The quantitative estimate of drug-likeness (QED) is 0.727. The van der Waals surface area contributed by atoms with Crippen LogP contribution in [0, 0.1) is 0 Å². The summed E-state index contributed by atoms with van der Waals surface area (Å²) in [4.78, 5) is 31.3. The number of primary amides is 1. The number of nitrogens with zero attached hydrogens (tertiary/aromatic N) is 2. The average Bonchev–Trinajstić information content (AvgIpc) is 3.17. The fourth-order valence-corrected chi connectivity index (χ4v) is 5.02. The van der Waals surface area contributed by atoms with E-state index in [2.05, 4.69) is 0 Å². The van der Waals surface area contributed by atoms with Gasteiger partial charge in [-0.1, -0.05) is 23.7 Å². The molecule has 2 aromatic heterocycles. The second kappa shape index (κ2) is 6.85. The Bertz CT molecular complexity index is 1070. The van der Waals surface area contributed by atoms with Crippen molar-refractivity contribution >= 4 is 39.1 Å². The van der Waals surface area contributed by atoms with Crippen molar-refractivity contribution < 1.29 is 4.79 Å². The van der Waals surface area contributed by atoms with E-state index in [-0.39, 0.29) is 17.9 Å². The second-order valence-corrected chi connectivity index (χ2v) is 7.97. The van der Waals surface area contributed by atoms with Crippen molar-refractivity contribution in [2.45, 2.75) is 38.6 Å². The summed E-state index contributed by atoms with van der Waals surface area (Å²) in [5.74, 6) is 0.181. The van der Waals surface area contributed by atoms with E-state index in [1.165, 1.54) is 4.88 Å². The number of benzene rings is 1. The molecule has 1 amide bonds. The summed E-state index contributed by atoms with van der Waals surface area (Å²) >= 11 is 7.98. The smallest absolute Gasteiger partial charge is 0.262 e. The molecule has 7 heteroatoms. The number of aromatic nitrogens is 2. The highest BCUT2D eigenvalue weighted by molar-refractivity contribution is 7.18. The van der Waals surface area contributed by atoms with Gasteiger partial charge >= 0.3 is 0 Å². The zero-order valence-electron chi connectivity index (χ0n) is 14.1. The van der Waals surface area contributed by atoms with Crippen LogP contribution in [0.15, 0.2) is 29.1 Å². The van der Waals surface area contributed by atoms with E-state index in [0.29, 0.717) is 23.8 Å². The lowest BCUT2D eigenvalue weighted by Crippen LogP contribution is -2.24. The number of fused-ring (bicyclic) bond motifs is 3. The van der Waals surface area contributed by atoms with E-state index >= 15 is 0 Å². The molecule has 0 spiro atoms. The zero-order valence-corrected chi connectivity index (χ0v) is 15.7. The van der Waals surface area contributed by atoms with Crippen LogP contribution in [0.25, 0.3) is 21.6 Å². The molecule has 0 bridgehead atoms. The molecule has 5 nitrogen and oxygen atoms in total. The third-order valence-electron chi connectivity index (χ3n) is 4.74. The Morgan fingerprint density at radius 2 is 2.12 bits per heavy atom. The van der Waals surface area contributed by atoms with Gasteiger partial charge < -0.3 is 5.73 Å². The van der Waals surface area contributed by atoms with Crippen LogP contribution in [0.1, 0.15) is 29.7 Å². The van der Waals surface area contributed by atoms with Gasteiger partial charge in [0, 0.05) is 23.4 Å². The Morgan fingerprint density at radius 3 is 2.88 bits per heavy atom. The Labute approximate surface area is 159 Å². The van der Waals surface area contributed by atoms with Crippen LogP contribution in [0.5, 0.6) is 0 Å². The monoisotopic (exact) mass is 387 g/mol. The first-order valence-electron chi connectivity index (χ1n) is 8.64. The predicted molar refractivity (Wildman–Crippen MR) is 105 cm³/mol. The minimum absolute atomic E-state index is 0.0474. The summed E-state index contributed by atoms with van der Waals surface area (Å²) in [5.41, 5.74) is 7.08. The largest absolute Gasteiger partial charge is 0.370 e. The number of hydrogen-bond donors (Lipinski definition) is 1. The standard InChI is InChI=1S/C19H18ClN3O2S/c20-13-7-2-1-5-11(13)17-22-18-16(12-6-3-8-14(12)26-18)19(25)23(17)10-4-9-15(21)24/h1-2,5,7H,3-4,6,8-10H2,(H2,21,24). The maximum absolute atomic E-state index is 13.3. The fraction of sp³-hybridized carbons (Fsp3) is 0.316. The highest BCUT2D eigenvalue weighted by atomic mass is 35.5. The number of nitrogens with two attached hydrogens (primary N) is 1. The SMILES string of the molecule is NC(=O)CCCn1c(-c2ccccc2Cl)nc2sc3c(c2c1=O)CCC3. The normalized spacial score (nSPS) is 13.3. The lowest BCUT2D eigenvalue weighted by Gasteiger charge is -2.13. The van der Waals surface area contributed by atoms with Crippen LogP contribution in [-0.4, -0.2) is 15.5 Å². The molecule has 3 aromatic rings. The highest BCUT2D eigenvalue weighted by Gasteiger charge is 2.24. The van der Waals surface area contributed by atoms with Gasteiger partial charge in [-0.3, -0.25) is 14.2 Å². The van der Waals surface area contributed by atoms with Gasteiger partial charge in [0.1, 0.15) is 10.7 Å². The van der Waals surface area contributed by atoms with Crippen LogP contribution in [0.3, 0.4) is 0 Å². The van der Waals surface area contributed by atoms with Gasteiger partial charge in [0.25, 0.3) is 5.56 Å². The van der Waals surface area contributed by atoms with Gasteiger partial charge in [-0.15, -0.1) is 11.3 Å². The third-order valence-corrected chi connectivity index (χ3v) is 6.26. The number of carbonyl (C=O) groups excluding carboxylic acids is 1. The first-order chi connectivity index (χ1) is 12.6. The number of thiophene rings is 1. The van der Waals surface area contributed by atoms with Crippen LogP contribution in [0.2, 0.25) is 5.02 Å². The van der Waals surface area contributed by atoms with Crippen molar-refractivity contribution in [3.05, 3.63) is 50.1 Å². The van der Waals surface area contributed by atoms with E-state index in [0.717, 1.165) is 40.6 Å². The van der Waals surface area contributed by atoms with Crippen LogP contribution >= 0.6 is 22.9 Å². The van der Waals surface area contributed by atoms with Gasteiger partial charge in [0.15, 0.2) is 0 Å². The molecule has 0 saturated carbocycles. The summed E-state index contributed by atoms with van der Waals surface area (Å²) in [5, 5.41) is 1.28. The number of rotatable bonds is 5. The second-order valence-electron chi connectivity index (χ2n) is 6.48. The van der Waals surface area contributed by atoms with Crippen molar-refractivity contribution in [2.24, 2.45) is 5.73 Å². The summed E-state index contributed by atoms with van der Waals surface area (Å²) in [6.45, 7) is 0.385. The maximum Gasteiger partial charge on any atom is 0.262 e. The molecular formula is C19H18ClN3O2S. The van der Waals surface area contributed by atoms with E-state index < -0.39 is 0 Å². The Kier molecular flexibility index (Phi) is 4.54. The minimum Gasteiger partial charge on any atom is -0.370 e. The number of hydrogen-bond acceptors (Lipinski definition) is 4. The van der Waals surface area contributed by atoms with Crippen molar-refractivity contribution in [1.82, 2.24) is 9.55 Å². The zero-order chi connectivity index (χ0) is 18.3. The fourth-order valence-electron chi connectivity index (χ4n) is 3.54. The van der Waals surface area contributed by atoms with Crippen LogP contribution in [0.4, 0.5) is 0 Å². The Morgan fingerprint density at radius 1 is 1.31 bits per heavy atom. The molecular weight excluding hydrogens is 370 g/mol. The van der Waals surface area contributed by atoms with Gasteiger partial charge in [-0.05, 0) is 43.4 Å². The number of carbonyl (C=O) groups is 1. The molecule has 0 saturated heterocycles. The summed E-state index contributed by atoms with van der Waals surface area (Å²) in [6.07, 6.45) is 3.75. The minimum atomic E-state index is -0.372. The first-order valence-corrected chi connectivity index (χ1v) is 9.84. The van der Waals surface area contributed by atoms with Crippen molar-refractivity contribution in [3.8, 4) is 11.4 Å². The van der Waals surface area contributed by atoms with Gasteiger partial charge in [-0.25, -0.2) is 4.98 Å². The van der Waals surface area contributed by atoms with Gasteiger partial charge in [0.05, 0.1) is 10.4 Å².